The number of fused-ring (bicyclic) bond motifs is 3. The van der Waals surface area contributed by atoms with Crippen LogP contribution in [0.1, 0.15) is 22.3 Å². The Hall–Kier alpha value is -7.99. The molecule has 0 N–H and O–H groups in total. The molecule has 8 aromatic carbocycles. The Bertz CT molecular complexity index is 3400. The minimum Gasteiger partial charge on any atom is -0.308 e. The SMILES string of the molecule is Cc1ccc(-c2ccc3c(c2)c2ccccc2n3-c2c(-c3ccccc3C(F)(F)F)cc(-c3nc(-c4ccccc4)cc(-c4ccccc4)n3)cc2-c2ccccc2C(F)(F)F)c(C(F)(F)F)c1. The fraction of sp³-hybridized carbons (Fsp3) is 0.0714. The summed E-state index contributed by atoms with van der Waals surface area (Å²) in [6.07, 6.45) is -14.6. The van der Waals surface area contributed by atoms with Crippen molar-refractivity contribution < 1.29 is 39.5 Å². The number of alkyl halides is 9. The average molecular weight is 920 g/mol. The maximum absolute atomic E-state index is 15.3. The molecule has 0 saturated carbocycles. The topological polar surface area (TPSA) is 30.7 Å². The van der Waals surface area contributed by atoms with Gasteiger partial charge in [-0.25, -0.2) is 9.97 Å². The van der Waals surface area contributed by atoms with E-state index >= 15 is 26.3 Å². The summed E-state index contributed by atoms with van der Waals surface area (Å²) < 4.78 is 137. The maximum Gasteiger partial charge on any atom is 0.417 e. The van der Waals surface area contributed by atoms with Crippen LogP contribution in [0.5, 0.6) is 0 Å². The van der Waals surface area contributed by atoms with Gasteiger partial charge in [0.1, 0.15) is 0 Å². The molecule has 0 unspecified atom stereocenters. The van der Waals surface area contributed by atoms with E-state index < -0.39 is 35.2 Å². The molecule has 0 saturated heterocycles. The molecule has 0 aliphatic carbocycles. The number of rotatable bonds is 7. The highest BCUT2D eigenvalue weighted by Crippen LogP contribution is 2.49. The Labute approximate surface area is 383 Å². The first-order chi connectivity index (χ1) is 32.5. The Morgan fingerprint density at radius 2 is 0.838 bits per heavy atom. The van der Waals surface area contributed by atoms with Gasteiger partial charge in [-0.15, -0.1) is 0 Å². The second-order valence-electron chi connectivity index (χ2n) is 16.3. The average Bonchev–Trinajstić information content (AvgIpc) is 3.66. The number of nitrogens with zero attached hydrogens (tertiary/aromatic N) is 3. The molecule has 0 aliphatic heterocycles. The Kier molecular flexibility index (Phi) is 10.8. The van der Waals surface area contributed by atoms with Crippen LogP contribution in [0.15, 0.2) is 188 Å². The maximum atomic E-state index is 15.3. The van der Waals surface area contributed by atoms with E-state index in [1.54, 1.807) is 60.0 Å². The molecule has 2 heterocycles. The number of benzene rings is 8. The first-order valence-corrected chi connectivity index (χ1v) is 21.3. The van der Waals surface area contributed by atoms with Crippen molar-refractivity contribution >= 4 is 21.8 Å². The van der Waals surface area contributed by atoms with Crippen molar-refractivity contribution in [2.45, 2.75) is 25.5 Å². The normalized spacial score (nSPS) is 12.3. The van der Waals surface area contributed by atoms with Crippen LogP contribution in [0.25, 0.3) is 94.8 Å². The van der Waals surface area contributed by atoms with Crippen LogP contribution in [-0.4, -0.2) is 14.5 Å². The van der Waals surface area contributed by atoms with Gasteiger partial charge in [0.2, 0.25) is 0 Å². The van der Waals surface area contributed by atoms with Crippen LogP contribution in [0.4, 0.5) is 39.5 Å². The molecule has 336 valence electrons. The third-order valence-corrected chi connectivity index (χ3v) is 12.0. The van der Waals surface area contributed by atoms with Gasteiger partial charge in [0.05, 0.1) is 44.8 Å². The summed E-state index contributed by atoms with van der Waals surface area (Å²) in [6.45, 7) is 1.55. The lowest BCUT2D eigenvalue weighted by Crippen LogP contribution is -2.11. The Balaban J connectivity index is 1.37. The van der Waals surface area contributed by atoms with Crippen molar-refractivity contribution in [3.8, 4) is 73.0 Å². The number of para-hydroxylation sites is 1. The van der Waals surface area contributed by atoms with Crippen LogP contribution < -0.4 is 0 Å². The highest BCUT2D eigenvalue weighted by Gasteiger charge is 2.38. The zero-order valence-electron chi connectivity index (χ0n) is 35.6. The van der Waals surface area contributed by atoms with Gasteiger partial charge in [-0.3, -0.25) is 0 Å². The van der Waals surface area contributed by atoms with Gasteiger partial charge in [0.15, 0.2) is 5.82 Å². The molecule has 0 atom stereocenters. The molecule has 0 fully saturated rings. The highest BCUT2D eigenvalue weighted by molar-refractivity contribution is 6.12. The molecule has 12 heteroatoms. The van der Waals surface area contributed by atoms with Crippen molar-refractivity contribution in [1.82, 2.24) is 14.5 Å². The van der Waals surface area contributed by atoms with Gasteiger partial charge in [-0.2, -0.15) is 39.5 Å². The number of halogens is 9. The first-order valence-electron chi connectivity index (χ1n) is 21.3. The second kappa shape index (κ2) is 16.7. The molecule has 0 spiro atoms. The lowest BCUT2D eigenvalue weighted by molar-refractivity contribution is -0.137. The molecular weight excluding hydrogens is 886 g/mol. The summed E-state index contributed by atoms with van der Waals surface area (Å²) in [5.74, 6) is 0.0265. The van der Waals surface area contributed by atoms with Crippen LogP contribution in [0.2, 0.25) is 0 Å². The molecule has 3 nitrogen and oxygen atoms in total. The van der Waals surface area contributed by atoms with Gasteiger partial charge in [-0.1, -0.05) is 139 Å². The summed E-state index contributed by atoms with van der Waals surface area (Å²) in [4.78, 5) is 9.86. The summed E-state index contributed by atoms with van der Waals surface area (Å²) in [7, 11) is 0. The van der Waals surface area contributed by atoms with Crippen LogP contribution in [-0.2, 0) is 18.5 Å². The van der Waals surface area contributed by atoms with E-state index in [4.69, 9.17) is 9.97 Å². The molecule has 0 bridgehead atoms. The molecule has 0 radical (unpaired) electrons. The van der Waals surface area contributed by atoms with E-state index in [-0.39, 0.29) is 50.5 Å². The predicted octanol–water partition coefficient (Wildman–Crippen LogP) is 16.9. The van der Waals surface area contributed by atoms with Crippen molar-refractivity contribution in [1.29, 1.82) is 0 Å². The fourth-order valence-corrected chi connectivity index (χ4v) is 8.96. The predicted molar refractivity (Wildman–Crippen MR) is 249 cm³/mol. The van der Waals surface area contributed by atoms with Crippen molar-refractivity contribution in [2.24, 2.45) is 0 Å². The van der Waals surface area contributed by atoms with Crippen LogP contribution >= 0.6 is 0 Å². The lowest BCUT2D eigenvalue weighted by Gasteiger charge is -2.24. The smallest absolute Gasteiger partial charge is 0.308 e. The van der Waals surface area contributed by atoms with E-state index in [0.29, 0.717) is 49.9 Å². The van der Waals surface area contributed by atoms with Gasteiger partial charge < -0.3 is 4.57 Å². The number of hydrogen-bond donors (Lipinski definition) is 0. The van der Waals surface area contributed by atoms with Gasteiger partial charge in [0, 0.05) is 38.6 Å². The Morgan fingerprint density at radius 1 is 0.353 bits per heavy atom. The fourth-order valence-electron chi connectivity index (χ4n) is 8.96. The monoisotopic (exact) mass is 919 g/mol. The summed E-state index contributed by atoms with van der Waals surface area (Å²) >= 11 is 0. The first kappa shape index (κ1) is 43.9. The van der Waals surface area contributed by atoms with Crippen molar-refractivity contribution in [3.63, 3.8) is 0 Å². The minimum absolute atomic E-state index is 0.0265. The summed E-state index contributed by atoms with van der Waals surface area (Å²) in [6, 6.07) is 48.0. The number of aromatic nitrogens is 3. The molecular formula is C56H34F9N3. The molecule has 68 heavy (non-hydrogen) atoms. The highest BCUT2D eigenvalue weighted by atomic mass is 19.4. The van der Waals surface area contributed by atoms with E-state index in [1.165, 1.54) is 60.7 Å². The van der Waals surface area contributed by atoms with Crippen LogP contribution in [0.3, 0.4) is 0 Å². The van der Waals surface area contributed by atoms with Crippen LogP contribution in [0, 0.1) is 6.92 Å². The molecule has 0 amide bonds. The number of hydrogen-bond acceptors (Lipinski definition) is 2. The standard InChI is InChI=1S/C56H34F9N3/c1-33-24-26-38(47(28-33)56(63,64)65)36-25-27-51-42(29-36)41-20-10-13-23-50(41)68(51)52-43(39-18-8-11-21-45(39)54(57,58)59)30-37(31-44(52)40-19-9-12-22-46(40)55(60,61)62)53-66-48(34-14-4-2-5-15-34)32-49(67-53)35-16-6-3-7-17-35/h2-32H,1H3. The largest absolute Gasteiger partial charge is 0.417 e. The van der Waals surface area contributed by atoms with Gasteiger partial charge in [0.25, 0.3) is 0 Å². The van der Waals surface area contributed by atoms with E-state index in [1.807, 2.05) is 60.7 Å². The third-order valence-electron chi connectivity index (χ3n) is 12.0. The van der Waals surface area contributed by atoms with Gasteiger partial charge in [-0.05, 0) is 83.8 Å². The van der Waals surface area contributed by atoms with Crippen molar-refractivity contribution in [2.75, 3.05) is 0 Å². The zero-order valence-corrected chi connectivity index (χ0v) is 35.6. The summed E-state index contributed by atoms with van der Waals surface area (Å²) in [5.41, 5.74) is -0.340. The summed E-state index contributed by atoms with van der Waals surface area (Å²) in [5, 5.41) is 0.901. The van der Waals surface area contributed by atoms with Gasteiger partial charge >= 0.3 is 18.5 Å². The Morgan fingerprint density at radius 3 is 1.38 bits per heavy atom. The van der Waals surface area contributed by atoms with E-state index in [0.717, 1.165) is 18.2 Å². The molecule has 10 rings (SSSR count). The molecule has 0 aliphatic rings. The zero-order chi connectivity index (χ0) is 47.5. The molecule has 10 aromatic rings. The third kappa shape index (κ3) is 8.05. The van der Waals surface area contributed by atoms with Crippen molar-refractivity contribution in [3.05, 3.63) is 210 Å². The number of aryl methyl sites for hydroxylation is 1. The van der Waals surface area contributed by atoms with E-state index in [9.17, 15) is 13.2 Å². The minimum atomic E-state index is -4.93. The lowest BCUT2D eigenvalue weighted by atomic mass is 9.88. The second-order valence-corrected chi connectivity index (χ2v) is 16.3. The molecule has 2 aromatic heterocycles. The quantitative estimate of drug-likeness (QED) is 0.149. The van der Waals surface area contributed by atoms with E-state index in [2.05, 4.69) is 0 Å².